The minimum atomic E-state index is -0.429. The third-order valence-electron chi connectivity index (χ3n) is 3.47. The van der Waals surface area contributed by atoms with Gasteiger partial charge in [0.25, 0.3) is 0 Å². The summed E-state index contributed by atoms with van der Waals surface area (Å²) in [5.74, 6) is -0.163. The number of hydrogen-bond acceptors (Lipinski definition) is 6. The first-order valence-electron chi connectivity index (χ1n) is 8.76. The minimum Gasteiger partial charge on any atom is -0.460 e. The first kappa shape index (κ1) is 19.4. The molecular formula is C19H27N3O2S. The van der Waals surface area contributed by atoms with E-state index in [9.17, 15) is 4.79 Å². The number of esters is 1. The van der Waals surface area contributed by atoms with Crippen molar-refractivity contribution >= 4 is 22.4 Å². The second kappa shape index (κ2) is 8.94. The molecule has 0 atom stereocenters. The van der Waals surface area contributed by atoms with Gasteiger partial charge in [0.05, 0.1) is 0 Å². The van der Waals surface area contributed by atoms with E-state index in [2.05, 4.69) is 22.4 Å². The Kier molecular flexibility index (Phi) is 6.93. The van der Waals surface area contributed by atoms with Crippen molar-refractivity contribution in [3.05, 3.63) is 29.8 Å². The number of hydrogen-bond donors (Lipinski definition) is 1. The number of carbonyl (C=O) groups excluding carboxylic acids is 1. The highest BCUT2D eigenvalue weighted by molar-refractivity contribution is 7.18. The van der Waals surface area contributed by atoms with Crippen LogP contribution in [0.25, 0.3) is 10.6 Å². The zero-order valence-corrected chi connectivity index (χ0v) is 16.3. The topological polar surface area (TPSA) is 64.1 Å². The molecule has 0 fully saturated rings. The number of carbonyl (C=O) groups is 1. The van der Waals surface area contributed by atoms with Gasteiger partial charge in [-0.05, 0) is 39.2 Å². The number of ether oxygens (including phenoxy) is 1. The Morgan fingerprint density at radius 1 is 1.20 bits per heavy atom. The highest BCUT2D eigenvalue weighted by Gasteiger charge is 2.16. The number of aromatic nitrogens is 2. The Morgan fingerprint density at radius 3 is 2.56 bits per heavy atom. The van der Waals surface area contributed by atoms with Crippen LogP contribution in [0.4, 0.5) is 5.13 Å². The molecule has 0 aliphatic carbocycles. The lowest BCUT2D eigenvalue weighted by atomic mass is 10.1. The number of nitrogens with zero attached hydrogens (tertiary/aromatic N) is 2. The first-order valence-corrected chi connectivity index (χ1v) is 9.57. The van der Waals surface area contributed by atoms with Gasteiger partial charge in [0.15, 0.2) is 0 Å². The van der Waals surface area contributed by atoms with Gasteiger partial charge in [0.1, 0.15) is 10.6 Å². The molecule has 1 aromatic heterocycles. The molecule has 0 unspecified atom stereocenters. The van der Waals surface area contributed by atoms with Crippen LogP contribution in [0, 0.1) is 0 Å². The van der Waals surface area contributed by atoms with Crippen molar-refractivity contribution in [2.24, 2.45) is 0 Å². The Morgan fingerprint density at radius 2 is 1.92 bits per heavy atom. The predicted molar refractivity (Wildman–Crippen MR) is 103 cm³/mol. The maximum Gasteiger partial charge on any atom is 0.306 e. The first-order chi connectivity index (χ1) is 11.9. The predicted octanol–water partition coefficient (Wildman–Crippen LogP) is 4.69. The second-order valence-electron chi connectivity index (χ2n) is 6.98. The fraction of sp³-hybridized carbons (Fsp3) is 0.526. The van der Waals surface area contributed by atoms with Crippen molar-refractivity contribution in [2.45, 2.75) is 59.0 Å². The lowest BCUT2D eigenvalue weighted by Gasteiger charge is -2.19. The fourth-order valence-electron chi connectivity index (χ4n) is 2.24. The quantitative estimate of drug-likeness (QED) is 0.546. The van der Waals surface area contributed by atoms with Crippen LogP contribution in [0.1, 0.15) is 52.5 Å². The molecule has 136 valence electrons. The summed E-state index contributed by atoms with van der Waals surface area (Å²) in [7, 11) is 0. The molecule has 0 radical (unpaired) electrons. The molecule has 0 saturated carbocycles. The molecule has 25 heavy (non-hydrogen) atoms. The molecule has 2 rings (SSSR count). The van der Waals surface area contributed by atoms with Crippen LogP contribution in [0.15, 0.2) is 24.3 Å². The Bertz CT molecular complexity index is 675. The van der Waals surface area contributed by atoms with Gasteiger partial charge in [0.2, 0.25) is 5.13 Å². The zero-order chi connectivity index (χ0) is 18.3. The van der Waals surface area contributed by atoms with Crippen LogP contribution in [-0.4, -0.2) is 28.3 Å². The minimum absolute atomic E-state index is 0.163. The molecule has 0 aliphatic rings. The fourth-order valence-corrected chi connectivity index (χ4v) is 3.01. The third kappa shape index (κ3) is 6.82. The van der Waals surface area contributed by atoms with E-state index < -0.39 is 5.60 Å². The van der Waals surface area contributed by atoms with E-state index in [1.807, 2.05) is 45.0 Å². The SMILES string of the molecule is CCCCNc1nnc(-c2ccc(CCC(=O)OC(C)(C)C)cc2)s1. The van der Waals surface area contributed by atoms with Crippen LogP contribution < -0.4 is 5.32 Å². The molecule has 1 N–H and O–H groups in total. The van der Waals surface area contributed by atoms with Crippen LogP contribution in [0.2, 0.25) is 0 Å². The van der Waals surface area contributed by atoms with Crippen LogP contribution in [0.5, 0.6) is 0 Å². The smallest absolute Gasteiger partial charge is 0.306 e. The molecule has 0 bridgehead atoms. The van der Waals surface area contributed by atoms with Crippen molar-refractivity contribution in [3.63, 3.8) is 0 Å². The molecule has 6 heteroatoms. The van der Waals surface area contributed by atoms with Crippen molar-refractivity contribution in [3.8, 4) is 10.6 Å². The number of benzene rings is 1. The maximum atomic E-state index is 11.8. The molecule has 0 spiro atoms. The van der Waals surface area contributed by atoms with Gasteiger partial charge < -0.3 is 10.1 Å². The molecular weight excluding hydrogens is 334 g/mol. The standard InChI is InChI=1S/C19H27N3O2S/c1-5-6-13-20-18-22-21-17(25-18)15-10-7-14(8-11-15)9-12-16(23)24-19(2,3)4/h7-8,10-11H,5-6,9,12-13H2,1-4H3,(H,20,22). The number of nitrogens with one attached hydrogen (secondary N) is 1. The zero-order valence-electron chi connectivity index (χ0n) is 15.5. The van der Waals surface area contributed by atoms with E-state index >= 15 is 0 Å². The van der Waals surface area contributed by atoms with E-state index in [1.54, 1.807) is 11.3 Å². The van der Waals surface area contributed by atoms with Gasteiger partial charge in [-0.15, -0.1) is 10.2 Å². The molecule has 5 nitrogen and oxygen atoms in total. The third-order valence-corrected chi connectivity index (χ3v) is 4.40. The van der Waals surface area contributed by atoms with E-state index in [4.69, 9.17) is 4.74 Å². The summed E-state index contributed by atoms with van der Waals surface area (Å²) in [5.41, 5.74) is 1.73. The normalized spacial score (nSPS) is 11.4. The summed E-state index contributed by atoms with van der Waals surface area (Å²) in [6, 6.07) is 8.12. The number of unbranched alkanes of at least 4 members (excludes halogenated alkanes) is 1. The van der Waals surface area contributed by atoms with Crippen LogP contribution in [0.3, 0.4) is 0 Å². The van der Waals surface area contributed by atoms with Crippen LogP contribution >= 0.6 is 11.3 Å². The van der Waals surface area contributed by atoms with Gasteiger partial charge in [-0.25, -0.2) is 0 Å². The Balaban J connectivity index is 1.88. The Hall–Kier alpha value is -1.95. The average molecular weight is 362 g/mol. The second-order valence-corrected chi connectivity index (χ2v) is 7.95. The molecule has 1 aromatic carbocycles. The molecule has 0 amide bonds. The lowest BCUT2D eigenvalue weighted by Crippen LogP contribution is -2.23. The highest BCUT2D eigenvalue weighted by Crippen LogP contribution is 2.26. The molecule has 2 aromatic rings. The van der Waals surface area contributed by atoms with Gasteiger partial charge in [-0.3, -0.25) is 4.79 Å². The van der Waals surface area contributed by atoms with E-state index in [0.29, 0.717) is 12.8 Å². The highest BCUT2D eigenvalue weighted by atomic mass is 32.1. The molecule has 0 aliphatic heterocycles. The van der Waals surface area contributed by atoms with Crippen molar-refractivity contribution in [1.82, 2.24) is 10.2 Å². The van der Waals surface area contributed by atoms with E-state index in [0.717, 1.165) is 40.7 Å². The summed E-state index contributed by atoms with van der Waals surface area (Å²) >= 11 is 1.56. The van der Waals surface area contributed by atoms with E-state index in [-0.39, 0.29) is 5.97 Å². The van der Waals surface area contributed by atoms with Gasteiger partial charge >= 0.3 is 5.97 Å². The summed E-state index contributed by atoms with van der Waals surface area (Å²) in [6.45, 7) is 8.74. The summed E-state index contributed by atoms with van der Waals surface area (Å²) in [6.07, 6.45) is 3.35. The Labute approximate surface area is 153 Å². The average Bonchev–Trinajstić information content (AvgIpc) is 3.01. The monoisotopic (exact) mass is 361 g/mol. The summed E-state index contributed by atoms with van der Waals surface area (Å²) in [4.78, 5) is 11.8. The van der Waals surface area contributed by atoms with Crippen LogP contribution in [-0.2, 0) is 16.0 Å². The number of anilines is 1. The van der Waals surface area contributed by atoms with Crippen molar-refractivity contribution < 1.29 is 9.53 Å². The number of aryl methyl sites for hydroxylation is 1. The van der Waals surface area contributed by atoms with Gasteiger partial charge in [0, 0.05) is 18.5 Å². The summed E-state index contributed by atoms with van der Waals surface area (Å²) < 4.78 is 5.33. The molecule has 0 saturated heterocycles. The van der Waals surface area contributed by atoms with Crippen molar-refractivity contribution in [2.75, 3.05) is 11.9 Å². The van der Waals surface area contributed by atoms with E-state index in [1.165, 1.54) is 0 Å². The van der Waals surface area contributed by atoms with Crippen molar-refractivity contribution in [1.29, 1.82) is 0 Å². The summed E-state index contributed by atoms with van der Waals surface area (Å²) in [5, 5.41) is 13.5. The van der Waals surface area contributed by atoms with Gasteiger partial charge in [-0.2, -0.15) is 0 Å². The van der Waals surface area contributed by atoms with Gasteiger partial charge in [-0.1, -0.05) is 48.9 Å². The lowest BCUT2D eigenvalue weighted by molar-refractivity contribution is -0.154. The maximum absolute atomic E-state index is 11.8. The molecule has 1 heterocycles. The largest absolute Gasteiger partial charge is 0.460 e. The number of rotatable bonds is 8.